The average Bonchev–Trinajstić information content (AvgIpc) is 2.89. The van der Waals surface area contributed by atoms with Crippen LogP contribution in [0.4, 0.5) is 0 Å². The molecule has 0 fully saturated rings. The van der Waals surface area contributed by atoms with E-state index in [1.54, 1.807) is 0 Å². The first-order valence-corrected chi connectivity index (χ1v) is 7.38. The summed E-state index contributed by atoms with van der Waals surface area (Å²) in [6, 6.07) is 10.1. The van der Waals surface area contributed by atoms with Crippen molar-refractivity contribution in [3.05, 3.63) is 56.2 Å². The first-order chi connectivity index (χ1) is 8.24. The molecule has 88 valence electrons. The fraction of sp³-hybridized carbons (Fsp3) is 0.286. The molecule has 17 heavy (non-hydrogen) atoms. The van der Waals surface area contributed by atoms with Crippen molar-refractivity contribution in [1.29, 1.82) is 0 Å². The molecule has 1 aromatic heterocycles. The largest absolute Gasteiger partial charge is 0.143 e. The van der Waals surface area contributed by atoms with Gasteiger partial charge < -0.3 is 0 Å². The van der Waals surface area contributed by atoms with Crippen molar-refractivity contribution in [2.75, 3.05) is 0 Å². The molecular weight excluding hydrogens is 271 g/mol. The van der Waals surface area contributed by atoms with E-state index in [0.29, 0.717) is 0 Å². The quantitative estimate of drug-likeness (QED) is 0.663. The molecule has 1 aliphatic carbocycles. The molecule has 2 aromatic rings. The summed E-state index contributed by atoms with van der Waals surface area (Å²) in [6.45, 7) is 0. The molecule has 1 aliphatic rings. The van der Waals surface area contributed by atoms with Crippen LogP contribution >= 0.6 is 34.5 Å². The lowest BCUT2D eigenvalue weighted by Crippen LogP contribution is -1.89. The van der Waals surface area contributed by atoms with Gasteiger partial charge in [0.05, 0.1) is 5.38 Å². The lowest BCUT2D eigenvalue weighted by molar-refractivity contribution is 0.913. The predicted octanol–water partition coefficient (Wildman–Crippen LogP) is 5.22. The Morgan fingerprint density at radius 1 is 1.12 bits per heavy atom. The van der Waals surface area contributed by atoms with E-state index in [0.717, 1.165) is 10.6 Å². The molecule has 0 aliphatic heterocycles. The Bertz CT molecular complexity index is 506. The van der Waals surface area contributed by atoms with Gasteiger partial charge in [-0.15, -0.1) is 22.9 Å². The van der Waals surface area contributed by atoms with Gasteiger partial charge in [-0.25, -0.2) is 0 Å². The van der Waals surface area contributed by atoms with E-state index < -0.39 is 0 Å². The molecular formula is C14H12Cl2S. The van der Waals surface area contributed by atoms with E-state index in [9.17, 15) is 0 Å². The van der Waals surface area contributed by atoms with Crippen molar-refractivity contribution in [3.63, 3.8) is 0 Å². The summed E-state index contributed by atoms with van der Waals surface area (Å²) in [5.74, 6) is 0. The fourth-order valence-electron chi connectivity index (χ4n) is 2.27. The first kappa shape index (κ1) is 11.6. The summed E-state index contributed by atoms with van der Waals surface area (Å²) in [5, 5.41) is 0.717. The Morgan fingerprint density at radius 3 is 2.59 bits per heavy atom. The maximum Gasteiger partial charge on any atom is 0.0927 e. The highest BCUT2D eigenvalue weighted by Crippen LogP contribution is 2.39. The highest BCUT2D eigenvalue weighted by molar-refractivity contribution is 7.12. The Hall–Kier alpha value is -0.500. The van der Waals surface area contributed by atoms with Gasteiger partial charge in [0.15, 0.2) is 0 Å². The zero-order valence-electron chi connectivity index (χ0n) is 9.25. The first-order valence-electron chi connectivity index (χ1n) is 5.75. The van der Waals surface area contributed by atoms with Crippen LogP contribution in [0, 0.1) is 0 Å². The molecule has 1 heterocycles. The summed E-state index contributed by atoms with van der Waals surface area (Å²) < 4.78 is 0. The van der Waals surface area contributed by atoms with Crippen molar-refractivity contribution in [1.82, 2.24) is 0 Å². The van der Waals surface area contributed by atoms with Crippen LogP contribution in [0.1, 0.15) is 32.7 Å². The molecule has 1 aromatic carbocycles. The number of halogens is 2. The molecule has 0 spiro atoms. The lowest BCUT2D eigenvalue weighted by Gasteiger charge is -2.07. The van der Waals surface area contributed by atoms with Crippen molar-refractivity contribution in [3.8, 4) is 0 Å². The zero-order chi connectivity index (χ0) is 11.8. The molecule has 3 heteroatoms. The molecule has 1 atom stereocenters. The van der Waals surface area contributed by atoms with Crippen LogP contribution in [0.3, 0.4) is 0 Å². The van der Waals surface area contributed by atoms with Crippen molar-refractivity contribution in [2.45, 2.75) is 24.6 Å². The van der Waals surface area contributed by atoms with Crippen LogP contribution < -0.4 is 0 Å². The normalized spacial score (nSPS) is 15.9. The fourth-order valence-corrected chi connectivity index (χ4v) is 4.00. The summed E-state index contributed by atoms with van der Waals surface area (Å²) in [6.07, 6.45) is 3.75. The molecule has 3 rings (SSSR count). The monoisotopic (exact) mass is 282 g/mol. The number of hydrogen-bond donors (Lipinski definition) is 0. The van der Waals surface area contributed by atoms with E-state index in [1.807, 2.05) is 35.6 Å². The van der Waals surface area contributed by atoms with Gasteiger partial charge in [0.1, 0.15) is 0 Å². The number of rotatable bonds is 2. The van der Waals surface area contributed by atoms with Gasteiger partial charge in [-0.05, 0) is 48.6 Å². The van der Waals surface area contributed by atoms with Crippen LogP contribution in [0.2, 0.25) is 5.02 Å². The minimum absolute atomic E-state index is 0.0390. The summed E-state index contributed by atoms with van der Waals surface area (Å²) in [4.78, 5) is 2.79. The highest BCUT2D eigenvalue weighted by Gasteiger charge is 2.19. The molecule has 0 saturated heterocycles. The number of thiophene rings is 1. The Balaban J connectivity index is 1.90. The van der Waals surface area contributed by atoms with Gasteiger partial charge in [0.25, 0.3) is 0 Å². The highest BCUT2D eigenvalue weighted by atomic mass is 35.5. The van der Waals surface area contributed by atoms with Gasteiger partial charge >= 0.3 is 0 Å². The maximum absolute atomic E-state index is 6.52. The van der Waals surface area contributed by atoms with E-state index in [2.05, 4.69) is 6.07 Å². The predicted molar refractivity (Wildman–Crippen MR) is 75.5 cm³/mol. The molecule has 1 unspecified atom stereocenters. The smallest absolute Gasteiger partial charge is 0.0927 e. The third kappa shape index (κ3) is 2.24. The number of alkyl halides is 1. The lowest BCUT2D eigenvalue weighted by atomic mass is 10.1. The average molecular weight is 283 g/mol. The van der Waals surface area contributed by atoms with E-state index in [1.165, 1.54) is 34.6 Å². The Morgan fingerprint density at radius 2 is 1.88 bits per heavy atom. The van der Waals surface area contributed by atoms with Crippen LogP contribution in [0.5, 0.6) is 0 Å². The van der Waals surface area contributed by atoms with Crippen LogP contribution in [0.25, 0.3) is 0 Å². The summed E-state index contributed by atoms with van der Waals surface area (Å²) >= 11 is 14.3. The van der Waals surface area contributed by atoms with Crippen LogP contribution in [-0.4, -0.2) is 0 Å². The van der Waals surface area contributed by atoms with E-state index in [-0.39, 0.29) is 5.38 Å². The van der Waals surface area contributed by atoms with E-state index in [4.69, 9.17) is 23.2 Å². The van der Waals surface area contributed by atoms with Gasteiger partial charge in [0, 0.05) is 14.8 Å². The number of hydrogen-bond acceptors (Lipinski definition) is 1. The minimum Gasteiger partial charge on any atom is -0.143 e. The molecule has 0 bridgehead atoms. The topological polar surface area (TPSA) is 0 Å². The third-order valence-electron chi connectivity index (χ3n) is 3.18. The Kier molecular flexibility index (Phi) is 3.16. The molecule has 0 saturated carbocycles. The maximum atomic E-state index is 6.52. The molecule has 0 amide bonds. The zero-order valence-corrected chi connectivity index (χ0v) is 11.6. The standard InChI is InChI=1S/C14H12Cl2S/c15-11-6-4-9(5-7-11)14(16)13-8-10-2-1-3-12(10)17-13/h4-8,14H,1-3H2. The van der Waals surface area contributed by atoms with Crippen molar-refractivity contribution in [2.24, 2.45) is 0 Å². The van der Waals surface area contributed by atoms with Crippen molar-refractivity contribution < 1.29 is 0 Å². The second-order valence-electron chi connectivity index (χ2n) is 4.36. The second-order valence-corrected chi connectivity index (χ2v) is 6.41. The summed E-state index contributed by atoms with van der Waals surface area (Å²) in [5.41, 5.74) is 2.63. The molecule has 0 nitrogen and oxygen atoms in total. The van der Waals surface area contributed by atoms with Gasteiger partial charge in [-0.3, -0.25) is 0 Å². The minimum atomic E-state index is -0.0390. The molecule has 0 N–H and O–H groups in total. The Labute approximate surface area is 115 Å². The summed E-state index contributed by atoms with van der Waals surface area (Å²) in [7, 11) is 0. The number of aryl methyl sites for hydroxylation is 2. The van der Waals surface area contributed by atoms with Crippen LogP contribution in [0.15, 0.2) is 30.3 Å². The van der Waals surface area contributed by atoms with Crippen LogP contribution in [-0.2, 0) is 12.8 Å². The van der Waals surface area contributed by atoms with Crippen molar-refractivity contribution >= 4 is 34.5 Å². The van der Waals surface area contributed by atoms with Gasteiger partial charge in [0.2, 0.25) is 0 Å². The second kappa shape index (κ2) is 4.64. The number of benzene rings is 1. The van der Waals surface area contributed by atoms with Gasteiger partial charge in [-0.1, -0.05) is 23.7 Å². The van der Waals surface area contributed by atoms with Gasteiger partial charge in [-0.2, -0.15) is 0 Å². The SMILES string of the molecule is Clc1ccc(C(Cl)c2cc3c(s2)CCC3)cc1. The van der Waals surface area contributed by atoms with E-state index >= 15 is 0 Å². The third-order valence-corrected chi connectivity index (χ3v) is 5.35. The number of fused-ring (bicyclic) bond motifs is 1. The molecule has 0 radical (unpaired) electrons.